The van der Waals surface area contributed by atoms with E-state index in [0.29, 0.717) is 0 Å². The van der Waals surface area contributed by atoms with Gasteiger partial charge in [-0.1, -0.05) is 18.2 Å². The summed E-state index contributed by atoms with van der Waals surface area (Å²) in [6.45, 7) is 1.95. The van der Waals surface area contributed by atoms with Gasteiger partial charge in [-0.2, -0.15) is 5.26 Å². The minimum absolute atomic E-state index is 0.916. The van der Waals surface area contributed by atoms with Crippen molar-refractivity contribution in [1.82, 2.24) is 4.98 Å². The molecule has 68 valence electrons. The largest absolute Gasteiger partial charge is 0.252 e. The lowest BCUT2D eigenvalue weighted by Gasteiger charge is -2.01. The summed E-state index contributed by atoms with van der Waals surface area (Å²) in [7, 11) is 0. The molecule has 0 atom stereocenters. The van der Waals surface area contributed by atoms with Gasteiger partial charge in [0.25, 0.3) is 0 Å². The molecule has 0 aliphatic heterocycles. The molecule has 1 aromatic carbocycles. The molecule has 0 amide bonds. The fourth-order valence-corrected chi connectivity index (χ4v) is 1.85. The predicted octanol–water partition coefficient (Wildman–Crippen LogP) is 3.12. The maximum Gasteiger partial charge on any atom is 0.138 e. The molecule has 14 heavy (non-hydrogen) atoms. The van der Waals surface area contributed by atoms with Crippen molar-refractivity contribution in [3.05, 3.63) is 36.0 Å². The number of fused-ring (bicyclic) bond motifs is 1. The highest BCUT2D eigenvalue weighted by molar-refractivity contribution is 8.04. The van der Waals surface area contributed by atoms with Gasteiger partial charge in [-0.3, -0.25) is 4.98 Å². The number of nitrogens with zero attached hydrogens (tertiary/aromatic N) is 2. The molecule has 1 heterocycles. The Kier molecular flexibility index (Phi) is 2.38. The molecule has 0 bridgehead atoms. The molecule has 0 aliphatic rings. The van der Waals surface area contributed by atoms with Gasteiger partial charge in [0.15, 0.2) is 0 Å². The number of hydrogen-bond acceptors (Lipinski definition) is 3. The second-order valence-corrected chi connectivity index (χ2v) is 3.80. The zero-order valence-corrected chi connectivity index (χ0v) is 8.51. The molecule has 3 heteroatoms. The van der Waals surface area contributed by atoms with Crippen LogP contribution in [0.3, 0.4) is 0 Å². The van der Waals surface area contributed by atoms with E-state index in [-0.39, 0.29) is 0 Å². The number of hydrogen-bond donors (Lipinski definition) is 0. The molecule has 2 nitrogen and oxygen atoms in total. The van der Waals surface area contributed by atoms with Gasteiger partial charge in [-0.05, 0) is 30.8 Å². The van der Waals surface area contributed by atoms with Crippen LogP contribution in [0.1, 0.15) is 5.69 Å². The van der Waals surface area contributed by atoms with Crippen LogP contribution in [0, 0.1) is 17.6 Å². The van der Waals surface area contributed by atoms with Crippen molar-refractivity contribution in [1.29, 1.82) is 5.26 Å². The van der Waals surface area contributed by atoms with Crippen LogP contribution in [-0.2, 0) is 0 Å². The third-order valence-corrected chi connectivity index (χ3v) is 2.62. The predicted molar refractivity (Wildman–Crippen MR) is 58.0 cm³/mol. The SMILES string of the molecule is Cc1ccc2cccc(SC#N)c2n1. The highest BCUT2D eigenvalue weighted by Gasteiger charge is 2.02. The number of benzene rings is 1. The summed E-state index contributed by atoms with van der Waals surface area (Å²) in [6.07, 6.45) is 0. The van der Waals surface area contributed by atoms with Crippen molar-refractivity contribution in [2.75, 3.05) is 0 Å². The maximum absolute atomic E-state index is 8.63. The molecule has 2 aromatic rings. The van der Waals surface area contributed by atoms with Crippen molar-refractivity contribution in [3.63, 3.8) is 0 Å². The third kappa shape index (κ3) is 1.57. The average Bonchev–Trinajstić information content (AvgIpc) is 2.19. The second kappa shape index (κ2) is 3.69. The fourth-order valence-electron chi connectivity index (χ4n) is 1.35. The minimum Gasteiger partial charge on any atom is -0.252 e. The Balaban J connectivity index is 2.72. The van der Waals surface area contributed by atoms with E-state index >= 15 is 0 Å². The lowest BCUT2D eigenvalue weighted by atomic mass is 10.2. The zero-order chi connectivity index (χ0) is 9.97. The Bertz CT molecular complexity index is 514. The first-order chi connectivity index (χ1) is 6.81. The van der Waals surface area contributed by atoms with Crippen molar-refractivity contribution < 1.29 is 0 Å². The van der Waals surface area contributed by atoms with Crippen LogP contribution in [0.25, 0.3) is 10.9 Å². The average molecular weight is 200 g/mol. The van der Waals surface area contributed by atoms with Gasteiger partial charge in [-0.25, -0.2) is 0 Å². The van der Waals surface area contributed by atoms with E-state index in [0.717, 1.165) is 33.3 Å². The van der Waals surface area contributed by atoms with Gasteiger partial charge >= 0.3 is 0 Å². The van der Waals surface area contributed by atoms with Gasteiger partial charge in [0.1, 0.15) is 5.40 Å². The number of rotatable bonds is 1. The number of aromatic nitrogens is 1. The molecule has 1 aromatic heterocycles. The van der Waals surface area contributed by atoms with Crippen molar-refractivity contribution in [3.8, 4) is 5.40 Å². The highest BCUT2D eigenvalue weighted by Crippen LogP contribution is 2.25. The number of thiocyanates is 1. The first-order valence-electron chi connectivity index (χ1n) is 4.23. The molecule has 0 unspecified atom stereocenters. The summed E-state index contributed by atoms with van der Waals surface area (Å²) in [5.41, 5.74) is 1.89. The summed E-state index contributed by atoms with van der Waals surface area (Å²) in [6, 6.07) is 9.87. The van der Waals surface area contributed by atoms with Crippen molar-refractivity contribution in [2.45, 2.75) is 11.8 Å². The van der Waals surface area contributed by atoms with Gasteiger partial charge < -0.3 is 0 Å². The van der Waals surface area contributed by atoms with Crippen LogP contribution >= 0.6 is 11.8 Å². The van der Waals surface area contributed by atoms with Crippen LogP contribution in [0.4, 0.5) is 0 Å². The Morgan fingerprint density at radius 1 is 1.29 bits per heavy atom. The zero-order valence-electron chi connectivity index (χ0n) is 7.69. The molecule has 0 fully saturated rings. The Labute approximate surface area is 86.6 Å². The van der Waals surface area contributed by atoms with Crippen LogP contribution in [-0.4, -0.2) is 4.98 Å². The molecule has 0 N–H and O–H groups in total. The van der Waals surface area contributed by atoms with Gasteiger partial charge in [0, 0.05) is 16.0 Å². The first-order valence-corrected chi connectivity index (χ1v) is 5.05. The van der Waals surface area contributed by atoms with Crippen LogP contribution < -0.4 is 0 Å². The van der Waals surface area contributed by atoms with E-state index in [4.69, 9.17) is 5.26 Å². The lowest BCUT2D eigenvalue weighted by Crippen LogP contribution is -1.84. The van der Waals surface area contributed by atoms with E-state index in [9.17, 15) is 0 Å². The molecular formula is C11H8N2S. The summed E-state index contributed by atoms with van der Waals surface area (Å²) >= 11 is 1.16. The van der Waals surface area contributed by atoms with E-state index < -0.39 is 0 Å². The van der Waals surface area contributed by atoms with Crippen LogP contribution in [0.2, 0.25) is 0 Å². The lowest BCUT2D eigenvalue weighted by molar-refractivity contribution is 1.23. The number of nitriles is 1. The Morgan fingerprint density at radius 2 is 2.14 bits per heavy atom. The molecule has 0 saturated carbocycles. The Morgan fingerprint density at radius 3 is 2.93 bits per heavy atom. The summed E-state index contributed by atoms with van der Waals surface area (Å²) in [5.74, 6) is 0. The van der Waals surface area contributed by atoms with Crippen molar-refractivity contribution in [2.24, 2.45) is 0 Å². The molecule has 0 aliphatic carbocycles. The first kappa shape index (κ1) is 9.04. The quantitative estimate of drug-likeness (QED) is 0.524. The summed E-state index contributed by atoms with van der Waals surface area (Å²) in [5, 5.41) is 11.8. The maximum atomic E-state index is 8.63. The van der Waals surface area contributed by atoms with Gasteiger partial charge in [0.2, 0.25) is 0 Å². The summed E-state index contributed by atoms with van der Waals surface area (Å²) in [4.78, 5) is 5.35. The third-order valence-electron chi connectivity index (χ3n) is 1.98. The molecule has 2 rings (SSSR count). The molecule has 0 spiro atoms. The van der Waals surface area contributed by atoms with E-state index in [1.54, 1.807) is 0 Å². The number of para-hydroxylation sites is 1. The van der Waals surface area contributed by atoms with E-state index in [1.807, 2.05) is 37.3 Å². The van der Waals surface area contributed by atoms with E-state index in [2.05, 4.69) is 10.4 Å². The smallest absolute Gasteiger partial charge is 0.138 e. The molecule has 0 saturated heterocycles. The molecular weight excluding hydrogens is 192 g/mol. The van der Waals surface area contributed by atoms with Gasteiger partial charge in [-0.15, -0.1) is 0 Å². The van der Waals surface area contributed by atoms with Crippen molar-refractivity contribution >= 4 is 22.7 Å². The normalized spacial score (nSPS) is 10.0. The number of thioether (sulfide) groups is 1. The Hall–Kier alpha value is -1.53. The summed E-state index contributed by atoms with van der Waals surface area (Å²) < 4.78 is 0. The highest BCUT2D eigenvalue weighted by atomic mass is 32.2. The number of pyridine rings is 1. The van der Waals surface area contributed by atoms with Gasteiger partial charge in [0.05, 0.1) is 5.52 Å². The minimum atomic E-state index is 0.916. The standard InChI is InChI=1S/C11H8N2S/c1-8-5-6-9-3-2-4-10(14-7-12)11(9)13-8/h2-6H,1H3. The fraction of sp³-hybridized carbons (Fsp3) is 0.0909. The molecule has 0 radical (unpaired) electrons. The second-order valence-electron chi connectivity index (χ2n) is 2.97. The monoisotopic (exact) mass is 200 g/mol. The number of aryl methyl sites for hydroxylation is 1. The van der Waals surface area contributed by atoms with Crippen LogP contribution in [0.5, 0.6) is 0 Å². The van der Waals surface area contributed by atoms with E-state index in [1.165, 1.54) is 0 Å². The van der Waals surface area contributed by atoms with Crippen LogP contribution in [0.15, 0.2) is 35.2 Å². The topological polar surface area (TPSA) is 36.7 Å².